The third kappa shape index (κ3) is 4.04. The van der Waals surface area contributed by atoms with Crippen molar-refractivity contribution in [3.8, 4) is 0 Å². The van der Waals surface area contributed by atoms with E-state index in [4.69, 9.17) is 23.2 Å². The van der Waals surface area contributed by atoms with E-state index in [1.54, 1.807) is 12.1 Å². The zero-order valence-electron chi connectivity index (χ0n) is 13.6. The summed E-state index contributed by atoms with van der Waals surface area (Å²) < 4.78 is 0. The molecule has 1 saturated heterocycles. The number of nitrogens with one attached hydrogen (secondary N) is 1. The quantitative estimate of drug-likeness (QED) is 0.882. The molecular weight excluding hydrogens is 347 g/mol. The third-order valence-corrected chi connectivity index (χ3v) is 5.96. The molecule has 0 bridgehead atoms. The van der Waals surface area contributed by atoms with Gasteiger partial charge >= 0.3 is 0 Å². The standard InChI is InChI=1S/C18H22Cl2N2O2/c19-15-6-5-13(9-16(15)20)18(24)21-10-17(23)22-8-7-12-3-1-2-4-14(12)11-22/h5-6,9,12,14H,1-4,7-8,10-11H2,(H,21,24)/t12-,14+/m0/s1. The fourth-order valence-corrected chi connectivity index (χ4v) is 4.13. The molecule has 1 N–H and O–H groups in total. The molecular formula is C18H22Cl2N2O2. The molecule has 130 valence electrons. The van der Waals surface area contributed by atoms with Gasteiger partial charge in [-0.05, 0) is 42.9 Å². The van der Waals surface area contributed by atoms with E-state index in [9.17, 15) is 9.59 Å². The number of likely N-dealkylation sites (tertiary alicyclic amines) is 1. The van der Waals surface area contributed by atoms with Crippen LogP contribution in [0.5, 0.6) is 0 Å². The number of nitrogens with zero attached hydrogens (tertiary/aromatic N) is 1. The molecule has 6 heteroatoms. The monoisotopic (exact) mass is 368 g/mol. The number of hydrogen-bond acceptors (Lipinski definition) is 2. The second-order valence-corrected chi connectivity index (χ2v) is 7.56. The van der Waals surface area contributed by atoms with E-state index in [-0.39, 0.29) is 18.4 Å². The Labute approximate surface area is 152 Å². The highest BCUT2D eigenvalue weighted by atomic mass is 35.5. The highest BCUT2D eigenvalue weighted by Gasteiger charge is 2.32. The maximum Gasteiger partial charge on any atom is 0.251 e. The maximum absolute atomic E-state index is 12.4. The molecule has 1 aromatic carbocycles. The molecule has 4 nitrogen and oxygen atoms in total. The Kier molecular flexibility index (Phi) is 5.67. The Hall–Kier alpha value is -1.26. The summed E-state index contributed by atoms with van der Waals surface area (Å²) in [5.74, 6) is 1.11. The normalized spacial score (nSPS) is 23.5. The van der Waals surface area contributed by atoms with Gasteiger partial charge in [-0.25, -0.2) is 0 Å². The zero-order valence-corrected chi connectivity index (χ0v) is 15.1. The van der Waals surface area contributed by atoms with Crippen LogP contribution in [-0.2, 0) is 4.79 Å². The number of halogens is 2. The summed E-state index contributed by atoms with van der Waals surface area (Å²) in [6.45, 7) is 1.67. The van der Waals surface area contributed by atoms with E-state index in [1.165, 1.54) is 31.7 Å². The summed E-state index contributed by atoms with van der Waals surface area (Å²) in [6.07, 6.45) is 6.23. The predicted octanol–water partition coefficient (Wildman–Crippen LogP) is 3.76. The van der Waals surface area contributed by atoms with E-state index in [0.717, 1.165) is 25.4 Å². The number of amides is 2. The van der Waals surface area contributed by atoms with Crippen LogP contribution in [-0.4, -0.2) is 36.3 Å². The Bertz CT molecular complexity index is 635. The third-order valence-electron chi connectivity index (χ3n) is 5.23. The van der Waals surface area contributed by atoms with Gasteiger partial charge in [0.25, 0.3) is 5.91 Å². The van der Waals surface area contributed by atoms with Crippen LogP contribution < -0.4 is 5.32 Å². The zero-order chi connectivity index (χ0) is 17.1. The second kappa shape index (κ2) is 7.75. The van der Waals surface area contributed by atoms with Crippen LogP contribution in [0.15, 0.2) is 18.2 Å². The van der Waals surface area contributed by atoms with Crippen molar-refractivity contribution in [2.45, 2.75) is 32.1 Å². The SMILES string of the molecule is O=C(NCC(=O)N1CC[C@@H]2CCCC[C@@H]2C1)c1ccc(Cl)c(Cl)c1. The van der Waals surface area contributed by atoms with Crippen LogP contribution in [0.25, 0.3) is 0 Å². The molecule has 24 heavy (non-hydrogen) atoms. The lowest BCUT2D eigenvalue weighted by atomic mass is 9.75. The molecule has 2 fully saturated rings. The van der Waals surface area contributed by atoms with E-state index < -0.39 is 0 Å². The lowest BCUT2D eigenvalue weighted by Crippen LogP contribution is -2.48. The molecule has 0 unspecified atom stereocenters. The van der Waals surface area contributed by atoms with Crippen molar-refractivity contribution in [1.29, 1.82) is 0 Å². The van der Waals surface area contributed by atoms with Crippen LogP contribution in [0.2, 0.25) is 10.0 Å². The van der Waals surface area contributed by atoms with Gasteiger partial charge in [-0.2, -0.15) is 0 Å². The Balaban J connectivity index is 1.51. The lowest BCUT2D eigenvalue weighted by Gasteiger charge is -2.41. The lowest BCUT2D eigenvalue weighted by molar-refractivity contribution is -0.133. The van der Waals surface area contributed by atoms with Gasteiger partial charge in [-0.1, -0.05) is 42.5 Å². The molecule has 1 heterocycles. The van der Waals surface area contributed by atoms with Gasteiger partial charge in [-0.3, -0.25) is 9.59 Å². The number of piperidine rings is 1. The maximum atomic E-state index is 12.4. The number of hydrogen-bond donors (Lipinski definition) is 1. The first-order chi connectivity index (χ1) is 11.5. The minimum absolute atomic E-state index is 0.00701. The van der Waals surface area contributed by atoms with Crippen LogP contribution in [0, 0.1) is 11.8 Å². The molecule has 1 aliphatic heterocycles. The van der Waals surface area contributed by atoms with Crippen molar-refractivity contribution in [2.24, 2.45) is 11.8 Å². The largest absolute Gasteiger partial charge is 0.343 e. The summed E-state index contributed by atoms with van der Waals surface area (Å²) in [4.78, 5) is 26.4. The Morgan fingerprint density at radius 2 is 1.83 bits per heavy atom. The smallest absolute Gasteiger partial charge is 0.251 e. The summed E-state index contributed by atoms with van der Waals surface area (Å²) in [5, 5.41) is 3.41. The van der Waals surface area contributed by atoms with Gasteiger partial charge in [0.05, 0.1) is 16.6 Å². The highest BCUT2D eigenvalue weighted by Crippen LogP contribution is 2.35. The van der Waals surface area contributed by atoms with E-state index in [1.807, 2.05) is 4.90 Å². The molecule has 0 aromatic heterocycles. The number of carbonyl (C=O) groups excluding carboxylic acids is 2. The van der Waals surface area contributed by atoms with Crippen LogP contribution >= 0.6 is 23.2 Å². The molecule has 2 atom stereocenters. The fourth-order valence-electron chi connectivity index (χ4n) is 3.83. The molecule has 2 aliphatic rings. The van der Waals surface area contributed by atoms with Gasteiger partial charge in [0.2, 0.25) is 5.91 Å². The molecule has 2 amide bonds. The van der Waals surface area contributed by atoms with Crippen LogP contribution in [0.3, 0.4) is 0 Å². The van der Waals surface area contributed by atoms with E-state index in [0.29, 0.717) is 21.5 Å². The summed E-state index contributed by atoms with van der Waals surface area (Å²) in [6, 6.07) is 4.69. The molecule has 1 aliphatic carbocycles. The second-order valence-electron chi connectivity index (χ2n) is 6.74. The van der Waals surface area contributed by atoms with Crippen molar-refractivity contribution in [1.82, 2.24) is 10.2 Å². The summed E-state index contributed by atoms with van der Waals surface area (Å²) >= 11 is 11.8. The number of fused-ring (bicyclic) bond motifs is 1. The van der Waals surface area contributed by atoms with Crippen molar-refractivity contribution >= 4 is 35.0 Å². The highest BCUT2D eigenvalue weighted by molar-refractivity contribution is 6.42. The topological polar surface area (TPSA) is 49.4 Å². The number of carbonyl (C=O) groups is 2. The van der Waals surface area contributed by atoms with E-state index >= 15 is 0 Å². The van der Waals surface area contributed by atoms with Gasteiger partial charge < -0.3 is 10.2 Å². The van der Waals surface area contributed by atoms with Crippen molar-refractivity contribution in [2.75, 3.05) is 19.6 Å². The predicted molar refractivity (Wildman–Crippen MR) is 95.4 cm³/mol. The van der Waals surface area contributed by atoms with Crippen molar-refractivity contribution in [3.63, 3.8) is 0 Å². The van der Waals surface area contributed by atoms with Gasteiger partial charge in [-0.15, -0.1) is 0 Å². The van der Waals surface area contributed by atoms with Gasteiger partial charge in [0, 0.05) is 18.7 Å². The van der Waals surface area contributed by atoms with Gasteiger partial charge in [0.1, 0.15) is 0 Å². The first-order valence-corrected chi connectivity index (χ1v) is 9.31. The average Bonchev–Trinajstić information content (AvgIpc) is 2.61. The molecule has 1 saturated carbocycles. The summed E-state index contributed by atoms with van der Waals surface area (Å²) in [7, 11) is 0. The molecule has 0 spiro atoms. The molecule has 1 aromatic rings. The van der Waals surface area contributed by atoms with Crippen molar-refractivity contribution < 1.29 is 9.59 Å². The Morgan fingerprint density at radius 1 is 1.08 bits per heavy atom. The minimum atomic E-state index is -0.311. The van der Waals surface area contributed by atoms with E-state index in [2.05, 4.69) is 5.32 Å². The first kappa shape index (κ1) is 17.6. The average molecular weight is 369 g/mol. The fraction of sp³-hybridized carbons (Fsp3) is 0.556. The number of benzene rings is 1. The number of rotatable bonds is 3. The van der Waals surface area contributed by atoms with Crippen LogP contribution in [0.1, 0.15) is 42.5 Å². The van der Waals surface area contributed by atoms with Crippen molar-refractivity contribution in [3.05, 3.63) is 33.8 Å². The minimum Gasteiger partial charge on any atom is -0.343 e. The molecule has 0 radical (unpaired) electrons. The molecule has 3 rings (SSSR count). The van der Waals surface area contributed by atoms with Gasteiger partial charge in [0.15, 0.2) is 0 Å². The van der Waals surface area contributed by atoms with Crippen LogP contribution in [0.4, 0.5) is 0 Å². The Morgan fingerprint density at radius 3 is 2.58 bits per heavy atom. The first-order valence-electron chi connectivity index (χ1n) is 8.55. The summed E-state index contributed by atoms with van der Waals surface area (Å²) in [5.41, 5.74) is 0.406.